The zero-order valence-electron chi connectivity index (χ0n) is 56.0. The van der Waals surface area contributed by atoms with E-state index in [1.165, 1.54) is 295 Å². The highest BCUT2D eigenvalue weighted by Crippen LogP contribution is 2.19. The molecule has 0 amide bonds. The quantitative estimate of drug-likeness (QED) is 0.0261. The fraction of sp³-hybridized carbons (Fsp3) is 0.857. The Bertz CT molecular complexity index is 1430. The van der Waals surface area contributed by atoms with Crippen molar-refractivity contribution in [3.8, 4) is 0 Å². The summed E-state index contributed by atoms with van der Waals surface area (Å²) < 4.78 is 17.0. The summed E-state index contributed by atoms with van der Waals surface area (Å²) in [5, 5.41) is 0. The minimum absolute atomic E-state index is 0.0710. The first-order chi connectivity index (χ1) is 41.0. The van der Waals surface area contributed by atoms with E-state index >= 15 is 0 Å². The van der Waals surface area contributed by atoms with Gasteiger partial charge in [-0.1, -0.05) is 352 Å². The Morgan fingerprint density at radius 3 is 0.687 bits per heavy atom. The van der Waals surface area contributed by atoms with Crippen molar-refractivity contribution in [2.45, 2.75) is 412 Å². The average molecular weight is 1160 g/mol. The fourth-order valence-electron chi connectivity index (χ4n) is 11.2. The lowest BCUT2D eigenvalue weighted by atomic mass is 10.0. The smallest absolute Gasteiger partial charge is 0.306 e. The standard InChI is InChI=1S/C77H142O6/c1-4-7-10-13-16-19-22-25-28-31-34-36-38-40-43-46-49-52-55-58-61-64-67-70-76(79)82-73-74(72-81-75(78)69-66-63-60-57-54-51-48-45-42-33-30-27-24-21-18-15-12-9-6-3)83-77(80)71-68-65-62-59-56-53-50-47-44-41-39-37-35-32-29-26-23-20-17-14-11-8-5-2/h18,21-22,25,27,30-31,34,74H,4-17,19-20,23-24,26,28-29,32-33,35-73H2,1-3H3/b21-18-,25-22-,30-27-,34-31-. The summed E-state index contributed by atoms with van der Waals surface area (Å²) in [5.74, 6) is -0.846. The van der Waals surface area contributed by atoms with Crippen molar-refractivity contribution in [3.63, 3.8) is 0 Å². The topological polar surface area (TPSA) is 78.9 Å². The van der Waals surface area contributed by atoms with E-state index in [4.69, 9.17) is 14.2 Å². The fourth-order valence-corrected chi connectivity index (χ4v) is 11.2. The number of hydrogen-bond acceptors (Lipinski definition) is 6. The van der Waals surface area contributed by atoms with E-state index in [1.807, 2.05) is 0 Å². The van der Waals surface area contributed by atoms with Gasteiger partial charge in [-0.15, -0.1) is 0 Å². The van der Waals surface area contributed by atoms with Crippen molar-refractivity contribution in [1.29, 1.82) is 0 Å². The van der Waals surface area contributed by atoms with Gasteiger partial charge in [-0.3, -0.25) is 14.4 Å². The summed E-state index contributed by atoms with van der Waals surface area (Å²) in [7, 11) is 0. The van der Waals surface area contributed by atoms with Crippen molar-refractivity contribution in [2.75, 3.05) is 13.2 Å². The Labute approximate surface area is 518 Å². The van der Waals surface area contributed by atoms with Gasteiger partial charge in [-0.25, -0.2) is 0 Å². The van der Waals surface area contributed by atoms with Gasteiger partial charge in [0, 0.05) is 19.3 Å². The van der Waals surface area contributed by atoms with Crippen LogP contribution in [0.25, 0.3) is 0 Å². The van der Waals surface area contributed by atoms with E-state index < -0.39 is 6.10 Å². The maximum Gasteiger partial charge on any atom is 0.306 e. The lowest BCUT2D eigenvalue weighted by Gasteiger charge is -2.18. The summed E-state index contributed by atoms with van der Waals surface area (Å²) in [4.78, 5) is 38.6. The molecule has 0 heterocycles. The van der Waals surface area contributed by atoms with E-state index in [1.54, 1.807) is 0 Å². The predicted octanol–water partition coefficient (Wildman–Crippen LogP) is 25.7. The maximum absolute atomic E-state index is 13.0. The molecule has 0 aromatic rings. The third-order valence-electron chi connectivity index (χ3n) is 16.8. The van der Waals surface area contributed by atoms with Crippen LogP contribution in [-0.2, 0) is 28.6 Å². The molecule has 83 heavy (non-hydrogen) atoms. The van der Waals surface area contributed by atoms with Crippen LogP contribution in [0.2, 0.25) is 0 Å². The van der Waals surface area contributed by atoms with E-state index in [0.717, 1.165) is 70.6 Å². The molecule has 0 aliphatic rings. The summed E-state index contributed by atoms with van der Waals surface area (Å²) in [6, 6.07) is 0. The van der Waals surface area contributed by atoms with Crippen LogP contribution in [0.5, 0.6) is 0 Å². The van der Waals surface area contributed by atoms with Crippen LogP contribution < -0.4 is 0 Å². The molecule has 1 unspecified atom stereocenters. The van der Waals surface area contributed by atoms with Gasteiger partial charge in [0.25, 0.3) is 0 Å². The molecule has 0 bridgehead atoms. The van der Waals surface area contributed by atoms with Crippen molar-refractivity contribution in [3.05, 3.63) is 48.6 Å². The van der Waals surface area contributed by atoms with Crippen LogP contribution >= 0.6 is 0 Å². The second-order valence-corrected chi connectivity index (χ2v) is 25.2. The number of unbranched alkanes of at least 4 members (excludes halogenated alkanes) is 50. The molecule has 0 aliphatic heterocycles. The molecule has 0 aromatic carbocycles. The average Bonchev–Trinajstić information content (AvgIpc) is 3.49. The largest absolute Gasteiger partial charge is 0.462 e. The van der Waals surface area contributed by atoms with Crippen molar-refractivity contribution in [2.24, 2.45) is 0 Å². The molecule has 0 saturated heterocycles. The molecule has 0 saturated carbocycles. The van der Waals surface area contributed by atoms with E-state index in [9.17, 15) is 14.4 Å². The van der Waals surface area contributed by atoms with Crippen LogP contribution in [-0.4, -0.2) is 37.2 Å². The van der Waals surface area contributed by atoms with Gasteiger partial charge >= 0.3 is 17.9 Å². The highest BCUT2D eigenvalue weighted by molar-refractivity contribution is 5.71. The number of ether oxygens (including phenoxy) is 3. The summed E-state index contributed by atoms with van der Waals surface area (Å²) in [6.07, 6.45) is 91.4. The first-order valence-electron chi connectivity index (χ1n) is 37.1. The molecule has 6 heteroatoms. The molecule has 1 atom stereocenters. The number of allylic oxidation sites excluding steroid dienone is 8. The SMILES string of the molecule is CCCCC/C=C\C/C=C\CCCCCCCCCCCC(=O)OCC(COC(=O)CCCCCCCCCCCCC/C=C\C/C=C\CCCCCCC)OC(=O)CCCCCCCCCCCCCCCCCCCCCCCCC. The molecule has 0 spiro atoms. The second kappa shape index (κ2) is 71.8. The van der Waals surface area contributed by atoms with E-state index in [0.29, 0.717) is 19.3 Å². The van der Waals surface area contributed by atoms with Crippen LogP contribution in [0.15, 0.2) is 48.6 Å². The summed E-state index contributed by atoms with van der Waals surface area (Å²) in [5.41, 5.74) is 0. The van der Waals surface area contributed by atoms with Gasteiger partial charge in [-0.2, -0.15) is 0 Å². The molecule has 6 nitrogen and oxygen atoms in total. The zero-order chi connectivity index (χ0) is 59.9. The molecule has 0 rings (SSSR count). The highest BCUT2D eigenvalue weighted by atomic mass is 16.6. The normalized spacial score (nSPS) is 12.3. The first-order valence-corrected chi connectivity index (χ1v) is 37.1. The first kappa shape index (κ1) is 80.4. The highest BCUT2D eigenvalue weighted by Gasteiger charge is 2.19. The molecule has 0 fully saturated rings. The monoisotopic (exact) mass is 1160 g/mol. The lowest BCUT2D eigenvalue weighted by Crippen LogP contribution is -2.30. The summed E-state index contributed by atoms with van der Waals surface area (Å²) >= 11 is 0. The third kappa shape index (κ3) is 70.0. The molecular formula is C77H142O6. The molecular weight excluding hydrogens is 1020 g/mol. The third-order valence-corrected chi connectivity index (χ3v) is 16.8. The Hall–Kier alpha value is -2.63. The van der Waals surface area contributed by atoms with Crippen molar-refractivity contribution in [1.82, 2.24) is 0 Å². The summed E-state index contributed by atoms with van der Waals surface area (Å²) in [6.45, 7) is 6.68. The van der Waals surface area contributed by atoms with Crippen LogP contribution in [0.3, 0.4) is 0 Å². The Kier molecular flexibility index (Phi) is 69.6. The van der Waals surface area contributed by atoms with Crippen molar-refractivity contribution < 1.29 is 28.6 Å². The minimum atomic E-state index is -0.776. The molecule has 0 aliphatic carbocycles. The molecule has 0 radical (unpaired) electrons. The number of rotatable bonds is 69. The lowest BCUT2D eigenvalue weighted by molar-refractivity contribution is -0.167. The number of hydrogen-bond donors (Lipinski definition) is 0. The number of carbonyl (C=O) groups is 3. The predicted molar refractivity (Wildman–Crippen MR) is 362 cm³/mol. The van der Waals surface area contributed by atoms with Crippen LogP contribution in [0.4, 0.5) is 0 Å². The van der Waals surface area contributed by atoms with Gasteiger partial charge in [0.2, 0.25) is 0 Å². The van der Waals surface area contributed by atoms with Crippen molar-refractivity contribution >= 4 is 17.9 Å². The number of carbonyl (C=O) groups excluding carboxylic acids is 3. The maximum atomic E-state index is 13.0. The van der Waals surface area contributed by atoms with Gasteiger partial charge < -0.3 is 14.2 Å². The van der Waals surface area contributed by atoms with Crippen LogP contribution in [0, 0.1) is 0 Å². The van der Waals surface area contributed by atoms with Gasteiger partial charge in [-0.05, 0) is 83.5 Å². The van der Waals surface area contributed by atoms with Crippen LogP contribution in [0.1, 0.15) is 406 Å². The van der Waals surface area contributed by atoms with E-state index in [2.05, 4.69) is 69.4 Å². The molecule has 0 N–H and O–H groups in total. The van der Waals surface area contributed by atoms with Gasteiger partial charge in [0.15, 0.2) is 6.10 Å². The second-order valence-electron chi connectivity index (χ2n) is 25.2. The van der Waals surface area contributed by atoms with Gasteiger partial charge in [0.1, 0.15) is 13.2 Å². The zero-order valence-corrected chi connectivity index (χ0v) is 56.0. The molecule has 486 valence electrons. The molecule has 0 aromatic heterocycles. The van der Waals surface area contributed by atoms with E-state index in [-0.39, 0.29) is 31.1 Å². The van der Waals surface area contributed by atoms with Gasteiger partial charge in [0.05, 0.1) is 0 Å². The Morgan fingerprint density at radius 1 is 0.241 bits per heavy atom. The number of esters is 3. The Morgan fingerprint density at radius 2 is 0.434 bits per heavy atom. The Balaban J connectivity index is 4.32. The minimum Gasteiger partial charge on any atom is -0.462 e.